The lowest BCUT2D eigenvalue weighted by atomic mass is 10.0. The standard InChI is InChI=1S/C9H11N3O2/c10-3-1-8(13)9(14)6-2-4-12-5-7(6)11/h2,4-5,8-9,13-14H,1,11H2. The third-order valence-corrected chi connectivity index (χ3v) is 1.87. The molecule has 0 amide bonds. The molecule has 2 atom stereocenters. The molecule has 0 saturated heterocycles. The first kappa shape index (κ1) is 10.4. The number of nitrogens with zero attached hydrogens (tertiary/aromatic N) is 2. The Balaban J connectivity index is 2.84. The second-order valence-corrected chi connectivity index (χ2v) is 2.88. The second-order valence-electron chi connectivity index (χ2n) is 2.88. The summed E-state index contributed by atoms with van der Waals surface area (Å²) in [5, 5.41) is 27.3. The van der Waals surface area contributed by atoms with Crippen LogP contribution in [0.1, 0.15) is 18.1 Å². The van der Waals surface area contributed by atoms with Crippen LogP contribution in [0.3, 0.4) is 0 Å². The monoisotopic (exact) mass is 193 g/mol. The number of nitrogens with two attached hydrogens (primary N) is 1. The van der Waals surface area contributed by atoms with Crippen LogP contribution in [0.5, 0.6) is 0 Å². The summed E-state index contributed by atoms with van der Waals surface area (Å²) in [5.41, 5.74) is 6.23. The Kier molecular flexibility index (Phi) is 3.40. The summed E-state index contributed by atoms with van der Waals surface area (Å²) in [7, 11) is 0. The fourth-order valence-electron chi connectivity index (χ4n) is 1.10. The molecule has 1 heterocycles. The van der Waals surface area contributed by atoms with Gasteiger partial charge in [-0.25, -0.2) is 0 Å². The summed E-state index contributed by atoms with van der Waals surface area (Å²) in [6.07, 6.45) is 0.455. The SMILES string of the molecule is N#CCC(O)C(O)c1ccncc1N. The van der Waals surface area contributed by atoms with Crippen molar-refractivity contribution in [2.75, 3.05) is 5.73 Å². The molecule has 4 N–H and O–H groups in total. The Hall–Kier alpha value is -1.64. The molecule has 5 heteroatoms. The first-order valence-electron chi connectivity index (χ1n) is 4.09. The van der Waals surface area contributed by atoms with Crippen LogP contribution >= 0.6 is 0 Å². The molecular formula is C9H11N3O2. The van der Waals surface area contributed by atoms with Gasteiger partial charge in [0.2, 0.25) is 0 Å². The molecule has 0 aliphatic rings. The van der Waals surface area contributed by atoms with E-state index < -0.39 is 12.2 Å². The molecule has 14 heavy (non-hydrogen) atoms. The van der Waals surface area contributed by atoms with Gasteiger partial charge in [0.1, 0.15) is 6.10 Å². The molecule has 0 aliphatic carbocycles. The van der Waals surface area contributed by atoms with Crippen LogP contribution in [0.2, 0.25) is 0 Å². The smallest absolute Gasteiger partial charge is 0.108 e. The first-order chi connectivity index (χ1) is 6.66. The van der Waals surface area contributed by atoms with Crippen molar-refractivity contribution in [1.29, 1.82) is 5.26 Å². The highest BCUT2D eigenvalue weighted by molar-refractivity contribution is 5.45. The van der Waals surface area contributed by atoms with E-state index in [9.17, 15) is 10.2 Å². The molecule has 0 spiro atoms. The van der Waals surface area contributed by atoms with Crippen molar-refractivity contribution >= 4 is 5.69 Å². The predicted octanol–water partition coefficient (Wildman–Crippen LogP) is -0.0282. The molecule has 0 fully saturated rings. The number of aliphatic hydroxyl groups excluding tert-OH is 2. The summed E-state index contributed by atoms with van der Waals surface area (Å²) in [5.74, 6) is 0. The lowest BCUT2D eigenvalue weighted by molar-refractivity contribution is 0.0220. The normalized spacial score (nSPS) is 14.4. The minimum Gasteiger partial charge on any atom is -0.397 e. The Labute approximate surface area is 81.4 Å². The van der Waals surface area contributed by atoms with Gasteiger partial charge >= 0.3 is 0 Å². The van der Waals surface area contributed by atoms with E-state index in [2.05, 4.69) is 4.98 Å². The van der Waals surface area contributed by atoms with Gasteiger partial charge in [-0.3, -0.25) is 4.98 Å². The summed E-state index contributed by atoms with van der Waals surface area (Å²) < 4.78 is 0. The van der Waals surface area contributed by atoms with E-state index in [1.54, 1.807) is 6.07 Å². The highest BCUT2D eigenvalue weighted by Gasteiger charge is 2.19. The maximum absolute atomic E-state index is 9.59. The fourth-order valence-corrected chi connectivity index (χ4v) is 1.10. The number of nitrogen functional groups attached to an aromatic ring is 1. The van der Waals surface area contributed by atoms with Gasteiger partial charge in [0.25, 0.3) is 0 Å². The van der Waals surface area contributed by atoms with Crippen molar-refractivity contribution in [2.24, 2.45) is 0 Å². The Morgan fingerprint density at radius 2 is 2.29 bits per heavy atom. The van der Waals surface area contributed by atoms with E-state index in [1.807, 2.05) is 0 Å². The van der Waals surface area contributed by atoms with Gasteiger partial charge in [-0.1, -0.05) is 0 Å². The zero-order chi connectivity index (χ0) is 10.6. The van der Waals surface area contributed by atoms with Gasteiger partial charge in [0, 0.05) is 11.8 Å². The molecule has 2 unspecified atom stereocenters. The fraction of sp³-hybridized carbons (Fsp3) is 0.333. The molecule has 74 valence electrons. The highest BCUT2D eigenvalue weighted by atomic mass is 16.3. The van der Waals surface area contributed by atoms with Crippen LogP contribution in [0.25, 0.3) is 0 Å². The van der Waals surface area contributed by atoms with Gasteiger partial charge in [-0.2, -0.15) is 5.26 Å². The predicted molar refractivity (Wildman–Crippen MR) is 49.8 cm³/mol. The molecular weight excluding hydrogens is 182 g/mol. The third-order valence-electron chi connectivity index (χ3n) is 1.87. The molecule has 0 bridgehead atoms. The van der Waals surface area contributed by atoms with Crippen LogP contribution in [-0.2, 0) is 0 Å². The number of aliphatic hydroxyl groups is 2. The Bertz CT molecular complexity index is 348. The number of pyridine rings is 1. The van der Waals surface area contributed by atoms with Crippen molar-refractivity contribution < 1.29 is 10.2 Å². The van der Waals surface area contributed by atoms with E-state index in [4.69, 9.17) is 11.0 Å². The number of hydrogen-bond donors (Lipinski definition) is 3. The summed E-state index contributed by atoms with van der Waals surface area (Å²) in [6.45, 7) is 0. The molecule has 1 aromatic rings. The van der Waals surface area contributed by atoms with Gasteiger partial charge in [0.05, 0.1) is 30.5 Å². The van der Waals surface area contributed by atoms with E-state index in [1.165, 1.54) is 18.5 Å². The molecule has 0 radical (unpaired) electrons. The minimum absolute atomic E-state index is 0.136. The molecule has 1 rings (SSSR count). The lowest BCUT2D eigenvalue weighted by Gasteiger charge is -2.16. The summed E-state index contributed by atoms with van der Waals surface area (Å²) >= 11 is 0. The summed E-state index contributed by atoms with van der Waals surface area (Å²) in [4.78, 5) is 3.75. The molecule has 1 aromatic heterocycles. The first-order valence-corrected chi connectivity index (χ1v) is 4.09. The number of nitriles is 1. The number of aromatic nitrogens is 1. The van der Waals surface area contributed by atoms with Crippen LogP contribution < -0.4 is 5.73 Å². The second kappa shape index (κ2) is 4.56. The van der Waals surface area contributed by atoms with Gasteiger partial charge < -0.3 is 15.9 Å². The van der Waals surface area contributed by atoms with Crippen molar-refractivity contribution in [1.82, 2.24) is 4.98 Å². The zero-order valence-electron chi connectivity index (χ0n) is 7.46. The topological polar surface area (TPSA) is 103 Å². The Morgan fingerprint density at radius 1 is 1.57 bits per heavy atom. The summed E-state index contributed by atoms with van der Waals surface area (Å²) in [6, 6.07) is 3.29. The number of hydrogen-bond acceptors (Lipinski definition) is 5. The maximum Gasteiger partial charge on any atom is 0.108 e. The van der Waals surface area contributed by atoms with Gasteiger partial charge in [-0.15, -0.1) is 0 Å². The Morgan fingerprint density at radius 3 is 2.86 bits per heavy atom. The van der Waals surface area contributed by atoms with E-state index in [0.717, 1.165) is 0 Å². The quantitative estimate of drug-likeness (QED) is 0.625. The van der Waals surface area contributed by atoms with Crippen molar-refractivity contribution in [2.45, 2.75) is 18.6 Å². The van der Waals surface area contributed by atoms with Crippen molar-refractivity contribution in [3.63, 3.8) is 0 Å². The van der Waals surface area contributed by atoms with Crippen molar-refractivity contribution in [3.8, 4) is 6.07 Å². The maximum atomic E-state index is 9.59. The molecule has 0 aliphatic heterocycles. The van der Waals surface area contributed by atoms with E-state index >= 15 is 0 Å². The van der Waals surface area contributed by atoms with E-state index in [-0.39, 0.29) is 6.42 Å². The van der Waals surface area contributed by atoms with Gasteiger partial charge in [0.15, 0.2) is 0 Å². The number of anilines is 1. The number of rotatable bonds is 3. The molecule has 5 nitrogen and oxygen atoms in total. The third kappa shape index (κ3) is 2.19. The van der Waals surface area contributed by atoms with Crippen LogP contribution in [0, 0.1) is 11.3 Å². The minimum atomic E-state index is -1.14. The van der Waals surface area contributed by atoms with Crippen LogP contribution in [-0.4, -0.2) is 21.3 Å². The largest absolute Gasteiger partial charge is 0.397 e. The lowest BCUT2D eigenvalue weighted by Crippen LogP contribution is -2.18. The van der Waals surface area contributed by atoms with Crippen LogP contribution in [0.4, 0.5) is 5.69 Å². The van der Waals surface area contributed by atoms with Crippen molar-refractivity contribution in [3.05, 3.63) is 24.0 Å². The molecule has 0 aromatic carbocycles. The molecule has 0 saturated carbocycles. The van der Waals surface area contributed by atoms with Gasteiger partial charge in [-0.05, 0) is 6.07 Å². The van der Waals surface area contributed by atoms with E-state index in [0.29, 0.717) is 11.3 Å². The average molecular weight is 193 g/mol. The zero-order valence-corrected chi connectivity index (χ0v) is 7.46. The highest BCUT2D eigenvalue weighted by Crippen LogP contribution is 2.22. The van der Waals surface area contributed by atoms with Crippen LogP contribution in [0.15, 0.2) is 18.5 Å². The average Bonchev–Trinajstić information content (AvgIpc) is 2.18.